The lowest BCUT2D eigenvalue weighted by molar-refractivity contribution is -0.117. The second kappa shape index (κ2) is 6.26. The van der Waals surface area contributed by atoms with Gasteiger partial charge < -0.3 is 15.5 Å². The quantitative estimate of drug-likeness (QED) is 0.879. The molecule has 0 aliphatic carbocycles. The van der Waals surface area contributed by atoms with Gasteiger partial charge in [0, 0.05) is 25.5 Å². The third-order valence-electron chi connectivity index (χ3n) is 3.29. The van der Waals surface area contributed by atoms with E-state index in [1.807, 2.05) is 0 Å². The van der Waals surface area contributed by atoms with Crippen LogP contribution >= 0.6 is 0 Å². The molecular weight excluding hydrogens is 269 g/mol. The molecule has 0 heterocycles. The molecule has 2 aromatic rings. The number of likely N-dealkylation sites (N-methyl/N-ethyl adjacent to an activating group) is 2. The number of rotatable bonds is 4. The Morgan fingerprint density at radius 2 is 1.71 bits per heavy atom. The second-order valence-corrected chi connectivity index (χ2v) is 4.85. The molecule has 4 nitrogen and oxygen atoms in total. The highest BCUT2D eigenvalue weighted by Crippen LogP contribution is 2.18. The fourth-order valence-electron chi connectivity index (χ4n) is 2.00. The molecule has 0 aliphatic heterocycles. The maximum atomic E-state index is 13.7. The average Bonchev–Trinajstić information content (AvgIpc) is 2.47. The van der Waals surface area contributed by atoms with Crippen molar-refractivity contribution in [1.82, 2.24) is 0 Å². The van der Waals surface area contributed by atoms with Gasteiger partial charge in [0.1, 0.15) is 5.82 Å². The molecule has 0 aliphatic rings. The average molecular weight is 287 g/mol. The van der Waals surface area contributed by atoms with Crippen molar-refractivity contribution in [3.05, 3.63) is 54.3 Å². The summed E-state index contributed by atoms with van der Waals surface area (Å²) in [6.07, 6.45) is 0. The van der Waals surface area contributed by atoms with Crippen molar-refractivity contribution in [2.75, 3.05) is 36.2 Å². The van der Waals surface area contributed by atoms with Crippen LogP contribution in [0.2, 0.25) is 0 Å². The Morgan fingerprint density at radius 3 is 2.33 bits per heavy atom. The van der Waals surface area contributed by atoms with Gasteiger partial charge in [0.25, 0.3) is 0 Å². The Morgan fingerprint density at radius 1 is 1.10 bits per heavy atom. The fraction of sp³-hybridized carbons (Fsp3) is 0.188. The molecule has 2 rings (SSSR count). The molecule has 0 saturated heterocycles. The monoisotopic (exact) mass is 287 g/mol. The SMILES string of the molecule is CN(CC(=O)N(C)c1ccc(N)cc1)c1ccccc1F. The molecule has 21 heavy (non-hydrogen) atoms. The number of para-hydroxylation sites is 1. The highest BCUT2D eigenvalue weighted by molar-refractivity contribution is 5.96. The maximum Gasteiger partial charge on any atom is 0.246 e. The van der Waals surface area contributed by atoms with E-state index in [2.05, 4.69) is 0 Å². The van der Waals surface area contributed by atoms with Gasteiger partial charge in [-0.2, -0.15) is 0 Å². The number of benzene rings is 2. The summed E-state index contributed by atoms with van der Waals surface area (Å²) in [6, 6.07) is 13.4. The van der Waals surface area contributed by atoms with Gasteiger partial charge in [-0.15, -0.1) is 0 Å². The third-order valence-corrected chi connectivity index (χ3v) is 3.29. The Labute approximate surface area is 123 Å². The van der Waals surface area contributed by atoms with Crippen molar-refractivity contribution < 1.29 is 9.18 Å². The van der Waals surface area contributed by atoms with E-state index in [0.29, 0.717) is 11.4 Å². The molecule has 0 aromatic heterocycles. The highest BCUT2D eigenvalue weighted by Gasteiger charge is 2.15. The van der Waals surface area contributed by atoms with Gasteiger partial charge in [-0.1, -0.05) is 12.1 Å². The molecule has 0 saturated carbocycles. The van der Waals surface area contributed by atoms with Crippen molar-refractivity contribution in [3.63, 3.8) is 0 Å². The van der Waals surface area contributed by atoms with E-state index in [9.17, 15) is 9.18 Å². The number of carbonyl (C=O) groups is 1. The molecule has 5 heteroatoms. The number of nitrogens with zero attached hydrogens (tertiary/aromatic N) is 2. The lowest BCUT2D eigenvalue weighted by Gasteiger charge is -2.23. The van der Waals surface area contributed by atoms with Crippen LogP contribution in [0.25, 0.3) is 0 Å². The zero-order valence-corrected chi connectivity index (χ0v) is 12.1. The number of nitrogen functional groups attached to an aromatic ring is 1. The smallest absolute Gasteiger partial charge is 0.246 e. The van der Waals surface area contributed by atoms with Crippen molar-refractivity contribution in [2.24, 2.45) is 0 Å². The third kappa shape index (κ3) is 3.51. The summed E-state index contributed by atoms with van der Waals surface area (Å²) >= 11 is 0. The molecule has 0 atom stereocenters. The first-order valence-corrected chi connectivity index (χ1v) is 6.57. The molecular formula is C16H18FN3O. The summed E-state index contributed by atoms with van der Waals surface area (Å²) in [5, 5.41) is 0. The topological polar surface area (TPSA) is 49.6 Å². The first kappa shape index (κ1) is 14.8. The van der Waals surface area contributed by atoms with Crippen molar-refractivity contribution >= 4 is 23.0 Å². The van der Waals surface area contributed by atoms with E-state index in [1.165, 1.54) is 11.0 Å². The number of hydrogen-bond donors (Lipinski definition) is 1. The van der Waals surface area contributed by atoms with E-state index in [1.54, 1.807) is 61.5 Å². The second-order valence-electron chi connectivity index (χ2n) is 4.85. The molecule has 0 unspecified atom stereocenters. The number of anilines is 3. The van der Waals surface area contributed by atoms with Crippen LogP contribution in [0.4, 0.5) is 21.5 Å². The predicted octanol–water partition coefficient (Wildman–Crippen LogP) is 2.51. The van der Waals surface area contributed by atoms with Gasteiger partial charge in [0.15, 0.2) is 0 Å². The number of hydrogen-bond acceptors (Lipinski definition) is 3. The van der Waals surface area contributed by atoms with E-state index >= 15 is 0 Å². The molecule has 2 aromatic carbocycles. The van der Waals surface area contributed by atoms with Gasteiger partial charge >= 0.3 is 0 Å². The van der Waals surface area contributed by atoms with E-state index in [0.717, 1.165) is 5.69 Å². The fourth-order valence-corrected chi connectivity index (χ4v) is 2.00. The minimum absolute atomic E-state index is 0.0851. The number of nitrogens with two attached hydrogens (primary N) is 1. The Bertz CT molecular complexity index is 628. The van der Waals surface area contributed by atoms with Gasteiger partial charge in [-0.05, 0) is 36.4 Å². The summed E-state index contributed by atoms with van der Waals surface area (Å²) < 4.78 is 13.7. The summed E-state index contributed by atoms with van der Waals surface area (Å²) in [5.41, 5.74) is 7.41. The minimum atomic E-state index is -0.345. The van der Waals surface area contributed by atoms with Crippen molar-refractivity contribution in [1.29, 1.82) is 0 Å². The molecule has 1 amide bonds. The molecule has 0 fully saturated rings. The molecule has 0 spiro atoms. The summed E-state index contributed by atoms with van der Waals surface area (Å²) in [7, 11) is 3.37. The summed E-state index contributed by atoms with van der Waals surface area (Å²) in [5.74, 6) is -0.478. The van der Waals surface area contributed by atoms with Gasteiger partial charge in [-0.3, -0.25) is 4.79 Å². The number of halogens is 1. The van der Waals surface area contributed by atoms with Gasteiger partial charge in [0.2, 0.25) is 5.91 Å². The summed E-state index contributed by atoms with van der Waals surface area (Å²) in [6.45, 7) is 0.0851. The zero-order valence-electron chi connectivity index (χ0n) is 12.1. The standard InChI is InChI=1S/C16H18FN3O/c1-19(15-6-4-3-5-14(15)17)11-16(21)20(2)13-9-7-12(18)8-10-13/h3-10H,11,18H2,1-2H3. The molecule has 0 bridgehead atoms. The van der Waals surface area contributed by atoms with Crippen LogP contribution in [-0.4, -0.2) is 26.5 Å². The highest BCUT2D eigenvalue weighted by atomic mass is 19.1. The first-order valence-electron chi connectivity index (χ1n) is 6.57. The maximum absolute atomic E-state index is 13.7. The predicted molar refractivity (Wildman–Crippen MR) is 83.9 cm³/mol. The zero-order chi connectivity index (χ0) is 15.4. The van der Waals surface area contributed by atoms with Crippen LogP contribution in [-0.2, 0) is 4.79 Å². The Kier molecular flexibility index (Phi) is 4.42. The van der Waals surface area contributed by atoms with Crippen LogP contribution in [0.1, 0.15) is 0 Å². The molecule has 0 radical (unpaired) electrons. The van der Waals surface area contributed by atoms with Gasteiger partial charge in [0.05, 0.1) is 12.2 Å². The molecule has 110 valence electrons. The van der Waals surface area contributed by atoms with E-state index in [-0.39, 0.29) is 18.3 Å². The van der Waals surface area contributed by atoms with Crippen molar-refractivity contribution in [3.8, 4) is 0 Å². The van der Waals surface area contributed by atoms with Gasteiger partial charge in [-0.25, -0.2) is 4.39 Å². The lowest BCUT2D eigenvalue weighted by atomic mass is 10.2. The normalized spacial score (nSPS) is 10.2. The van der Waals surface area contributed by atoms with Crippen LogP contribution in [0.15, 0.2) is 48.5 Å². The van der Waals surface area contributed by atoms with Crippen LogP contribution < -0.4 is 15.5 Å². The Balaban J connectivity index is 2.07. The van der Waals surface area contributed by atoms with E-state index in [4.69, 9.17) is 5.73 Å². The number of carbonyl (C=O) groups excluding carboxylic acids is 1. The minimum Gasteiger partial charge on any atom is -0.399 e. The van der Waals surface area contributed by atoms with Crippen LogP contribution in [0.3, 0.4) is 0 Å². The molecule has 2 N–H and O–H groups in total. The summed E-state index contributed by atoms with van der Waals surface area (Å²) in [4.78, 5) is 15.4. The Hall–Kier alpha value is -2.56. The largest absolute Gasteiger partial charge is 0.399 e. The van der Waals surface area contributed by atoms with Crippen molar-refractivity contribution in [2.45, 2.75) is 0 Å². The number of amides is 1. The lowest BCUT2D eigenvalue weighted by Crippen LogP contribution is -2.37. The van der Waals surface area contributed by atoms with Crippen LogP contribution in [0.5, 0.6) is 0 Å². The van der Waals surface area contributed by atoms with E-state index < -0.39 is 0 Å². The van der Waals surface area contributed by atoms with Crippen LogP contribution in [0, 0.1) is 5.82 Å². The first-order chi connectivity index (χ1) is 9.99.